The molecule has 0 fully saturated rings. The second-order valence-electron chi connectivity index (χ2n) is 4.59. The Bertz CT molecular complexity index is 914. The van der Waals surface area contributed by atoms with Gasteiger partial charge in [0, 0.05) is 0 Å². The summed E-state index contributed by atoms with van der Waals surface area (Å²) >= 11 is 3.17. The van der Waals surface area contributed by atoms with Crippen molar-refractivity contribution in [2.45, 2.75) is 0 Å². The van der Waals surface area contributed by atoms with Gasteiger partial charge in [-0.1, -0.05) is 34.8 Å². The number of thiazole rings is 2. The SMILES string of the molecule is COc1ccc2nc(NNc3nc4ccccc4s3)sc2c1. The predicted octanol–water partition coefficient (Wildman–Crippen LogP) is 4.35. The molecule has 5 nitrogen and oxygen atoms in total. The molecule has 2 N–H and O–H groups in total. The van der Waals surface area contributed by atoms with Crippen LogP contribution in [0.5, 0.6) is 5.75 Å². The third kappa shape index (κ3) is 2.44. The summed E-state index contributed by atoms with van der Waals surface area (Å²) < 4.78 is 7.46. The van der Waals surface area contributed by atoms with Crippen LogP contribution in [0.15, 0.2) is 42.5 Å². The summed E-state index contributed by atoms with van der Waals surface area (Å²) in [7, 11) is 1.66. The van der Waals surface area contributed by atoms with Gasteiger partial charge in [0.25, 0.3) is 0 Å². The molecule has 7 heteroatoms. The van der Waals surface area contributed by atoms with Gasteiger partial charge in [-0.2, -0.15) is 0 Å². The number of hydrazine groups is 1. The van der Waals surface area contributed by atoms with Crippen molar-refractivity contribution in [3.63, 3.8) is 0 Å². The van der Waals surface area contributed by atoms with Crippen molar-refractivity contribution in [3.05, 3.63) is 42.5 Å². The normalized spacial score (nSPS) is 11.0. The van der Waals surface area contributed by atoms with Gasteiger partial charge in [0.05, 0.1) is 27.5 Å². The molecule has 0 aliphatic heterocycles. The highest BCUT2D eigenvalue weighted by atomic mass is 32.1. The maximum absolute atomic E-state index is 5.23. The minimum absolute atomic E-state index is 0.794. The van der Waals surface area contributed by atoms with Crippen molar-refractivity contribution in [1.29, 1.82) is 0 Å². The highest BCUT2D eigenvalue weighted by Crippen LogP contribution is 2.30. The van der Waals surface area contributed by atoms with Gasteiger partial charge in [-0.15, -0.1) is 0 Å². The standard InChI is InChI=1S/C15H12N4OS2/c1-20-9-6-7-11-13(8-9)22-15(17-11)19-18-14-16-10-4-2-3-5-12(10)21-14/h2-8H,1H3,(H,16,18)(H,17,19). The molecule has 4 rings (SSSR count). The molecule has 4 aromatic rings. The minimum atomic E-state index is 0.794. The van der Waals surface area contributed by atoms with Gasteiger partial charge in [-0.3, -0.25) is 10.9 Å². The Morgan fingerprint density at radius 1 is 0.864 bits per heavy atom. The molecule has 2 heterocycles. The summed E-state index contributed by atoms with van der Waals surface area (Å²) in [6.07, 6.45) is 0. The van der Waals surface area contributed by atoms with E-state index < -0.39 is 0 Å². The summed E-state index contributed by atoms with van der Waals surface area (Å²) in [5.74, 6) is 0.835. The predicted molar refractivity (Wildman–Crippen MR) is 93.0 cm³/mol. The molecule has 2 aromatic carbocycles. The van der Waals surface area contributed by atoms with E-state index in [1.54, 1.807) is 29.8 Å². The van der Waals surface area contributed by atoms with Crippen molar-refractivity contribution >= 4 is 53.4 Å². The topological polar surface area (TPSA) is 59.1 Å². The summed E-state index contributed by atoms with van der Waals surface area (Å²) in [4.78, 5) is 9.03. The van der Waals surface area contributed by atoms with Gasteiger partial charge in [0.15, 0.2) is 0 Å². The third-order valence-corrected chi connectivity index (χ3v) is 5.05. The molecule has 0 aliphatic rings. The summed E-state index contributed by atoms with van der Waals surface area (Å²) in [6, 6.07) is 13.9. The molecule has 0 saturated heterocycles. The molecule has 0 amide bonds. The number of nitrogens with one attached hydrogen (secondary N) is 2. The Morgan fingerprint density at radius 2 is 1.55 bits per heavy atom. The molecule has 110 valence electrons. The first kappa shape index (κ1) is 13.3. The van der Waals surface area contributed by atoms with Crippen LogP contribution < -0.4 is 15.6 Å². The van der Waals surface area contributed by atoms with E-state index >= 15 is 0 Å². The average molecular weight is 328 g/mol. The lowest BCUT2D eigenvalue weighted by Gasteiger charge is -2.01. The zero-order chi connectivity index (χ0) is 14.9. The lowest BCUT2D eigenvalue weighted by molar-refractivity contribution is 0.415. The maximum atomic E-state index is 5.23. The fourth-order valence-electron chi connectivity index (χ4n) is 2.12. The molecule has 0 bridgehead atoms. The molecular weight excluding hydrogens is 316 g/mol. The first-order valence-corrected chi connectivity index (χ1v) is 8.27. The fourth-order valence-corrected chi connectivity index (χ4v) is 3.78. The van der Waals surface area contributed by atoms with Crippen LogP contribution in [0, 0.1) is 0 Å². The first-order chi connectivity index (χ1) is 10.8. The number of para-hydroxylation sites is 1. The lowest BCUT2D eigenvalue weighted by atomic mass is 10.3. The number of fused-ring (bicyclic) bond motifs is 2. The largest absolute Gasteiger partial charge is 0.497 e. The molecule has 22 heavy (non-hydrogen) atoms. The zero-order valence-electron chi connectivity index (χ0n) is 11.7. The van der Waals surface area contributed by atoms with E-state index in [1.165, 1.54) is 0 Å². The molecule has 0 spiro atoms. The average Bonchev–Trinajstić information content (AvgIpc) is 3.14. The Labute approximate surface area is 134 Å². The Kier molecular flexibility index (Phi) is 3.28. The summed E-state index contributed by atoms with van der Waals surface area (Å²) in [5.41, 5.74) is 8.16. The smallest absolute Gasteiger partial charge is 0.202 e. The maximum Gasteiger partial charge on any atom is 0.202 e. The molecule has 0 atom stereocenters. The van der Waals surface area contributed by atoms with Crippen LogP contribution in [0.2, 0.25) is 0 Å². The number of anilines is 2. The first-order valence-electron chi connectivity index (χ1n) is 6.64. The van der Waals surface area contributed by atoms with Crippen LogP contribution in [0.1, 0.15) is 0 Å². The number of aromatic nitrogens is 2. The van der Waals surface area contributed by atoms with E-state index in [2.05, 4.69) is 26.9 Å². The highest BCUT2D eigenvalue weighted by molar-refractivity contribution is 7.23. The quantitative estimate of drug-likeness (QED) is 0.545. The Hall–Kier alpha value is -2.38. The molecule has 2 aromatic heterocycles. The second-order valence-corrected chi connectivity index (χ2v) is 6.65. The van der Waals surface area contributed by atoms with E-state index in [4.69, 9.17) is 4.74 Å². The Morgan fingerprint density at radius 3 is 2.27 bits per heavy atom. The monoisotopic (exact) mass is 328 g/mol. The number of rotatable bonds is 4. The zero-order valence-corrected chi connectivity index (χ0v) is 13.3. The van der Waals surface area contributed by atoms with E-state index in [1.807, 2.05) is 36.4 Å². The summed E-state index contributed by atoms with van der Waals surface area (Å²) in [6.45, 7) is 0. The van der Waals surface area contributed by atoms with Crippen LogP contribution in [-0.2, 0) is 0 Å². The lowest BCUT2D eigenvalue weighted by Crippen LogP contribution is -2.07. The van der Waals surface area contributed by atoms with Gasteiger partial charge >= 0.3 is 0 Å². The van der Waals surface area contributed by atoms with Crippen molar-refractivity contribution < 1.29 is 4.74 Å². The molecular formula is C15H12N4OS2. The molecule has 0 radical (unpaired) electrons. The second kappa shape index (κ2) is 5.43. The molecule has 0 unspecified atom stereocenters. The third-order valence-electron chi connectivity index (χ3n) is 3.17. The van der Waals surface area contributed by atoms with Gasteiger partial charge in [-0.05, 0) is 30.3 Å². The summed E-state index contributed by atoms with van der Waals surface area (Å²) in [5, 5.41) is 1.61. The number of nitrogens with zero attached hydrogens (tertiary/aromatic N) is 2. The van der Waals surface area contributed by atoms with Crippen molar-refractivity contribution in [2.75, 3.05) is 18.0 Å². The van der Waals surface area contributed by atoms with Crippen molar-refractivity contribution in [3.8, 4) is 5.75 Å². The highest BCUT2D eigenvalue weighted by Gasteiger charge is 2.06. The van der Waals surface area contributed by atoms with E-state index in [0.29, 0.717) is 0 Å². The van der Waals surface area contributed by atoms with Gasteiger partial charge < -0.3 is 4.74 Å². The molecule has 0 saturated carbocycles. The van der Waals surface area contributed by atoms with Crippen LogP contribution >= 0.6 is 22.7 Å². The van der Waals surface area contributed by atoms with Crippen LogP contribution in [0.4, 0.5) is 10.3 Å². The number of methoxy groups -OCH3 is 1. The van der Waals surface area contributed by atoms with Crippen molar-refractivity contribution in [2.24, 2.45) is 0 Å². The number of ether oxygens (including phenoxy) is 1. The van der Waals surface area contributed by atoms with Crippen LogP contribution in [0.25, 0.3) is 20.4 Å². The van der Waals surface area contributed by atoms with Gasteiger partial charge in [-0.25, -0.2) is 9.97 Å². The van der Waals surface area contributed by atoms with Crippen molar-refractivity contribution in [1.82, 2.24) is 9.97 Å². The molecule has 0 aliphatic carbocycles. The number of benzene rings is 2. The van der Waals surface area contributed by atoms with E-state index in [-0.39, 0.29) is 0 Å². The van der Waals surface area contributed by atoms with Gasteiger partial charge in [0.1, 0.15) is 5.75 Å². The number of hydrogen-bond acceptors (Lipinski definition) is 7. The van der Waals surface area contributed by atoms with E-state index in [0.717, 1.165) is 36.4 Å². The van der Waals surface area contributed by atoms with E-state index in [9.17, 15) is 0 Å². The van der Waals surface area contributed by atoms with Crippen LogP contribution in [0.3, 0.4) is 0 Å². The van der Waals surface area contributed by atoms with Gasteiger partial charge in [0.2, 0.25) is 10.3 Å². The number of hydrogen-bond donors (Lipinski definition) is 2. The minimum Gasteiger partial charge on any atom is -0.497 e. The van der Waals surface area contributed by atoms with Crippen LogP contribution in [-0.4, -0.2) is 17.1 Å². The Balaban J connectivity index is 1.55. The fraction of sp³-hybridized carbons (Fsp3) is 0.0667.